The van der Waals surface area contributed by atoms with E-state index in [1.807, 2.05) is 0 Å². The van der Waals surface area contributed by atoms with Gasteiger partial charge in [0.1, 0.15) is 0 Å². The lowest BCUT2D eigenvalue weighted by molar-refractivity contribution is -0.385. The highest BCUT2D eigenvalue weighted by Gasteiger charge is 2.14. The Morgan fingerprint density at radius 1 is 1.12 bits per heavy atom. The third-order valence-corrected chi connectivity index (χ3v) is 4.14. The number of nitro groups is 1. The zero-order valence-electron chi connectivity index (χ0n) is 14.4. The summed E-state index contributed by atoms with van der Waals surface area (Å²) in [5.41, 5.74) is 3.87. The van der Waals surface area contributed by atoms with Crippen LogP contribution in [0, 0.1) is 24.0 Å². The molecule has 0 fully saturated rings. The van der Waals surface area contributed by atoms with E-state index >= 15 is 0 Å². The summed E-state index contributed by atoms with van der Waals surface area (Å²) in [4.78, 5) is 22.1. The van der Waals surface area contributed by atoms with E-state index < -0.39 is 10.7 Å². The minimum Gasteiger partial charge on any atom is -0.502 e. The smallest absolute Gasteiger partial charge is 0.310 e. The van der Waals surface area contributed by atoms with Crippen LogP contribution in [0.2, 0.25) is 0 Å². The number of carbonyl (C=O) groups excluding carboxylic acids is 1. The van der Waals surface area contributed by atoms with Gasteiger partial charge < -0.3 is 10.4 Å². The normalized spacial score (nSPS) is 10.5. The van der Waals surface area contributed by atoms with Crippen molar-refractivity contribution in [2.75, 3.05) is 6.54 Å². The zero-order chi connectivity index (χ0) is 18.4. The second-order valence-electron chi connectivity index (χ2n) is 6.13. The van der Waals surface area contributed by atoms with Crippen LogP contribution in [0.4, 0.5) is 5.69 Å². The molecule has 1 amide bonds. The number of nitrogens with zero attached hydrogens (tertiary/aromatic N) is 1. The van der Waals surface area contributed by atoms with Crippen LogP contribution in [0.25, 0.3) is 0 Å². The van der Waals surface area contributed by atoms with Crippen molar-refractivity contribution in [3.63, 3.8) is 0 Å². The summed E-state index contributed by atoms with van der Waals surface area (Å²) in [6.07, 6.45) is 1.75. The van der Waals surface area contributed by atoms with Crippen molar-refractivity contribution in [2.45, 2.75) is 33.1 Å². The first-order chi connectivity index (χ1) is 11.9. The van der Waals surface area contributed by atoms with Gasteiger partial charge in [-0.05, 0) is 55.0 Å². The Morgan fingerprint density at radius 3 is 2.52 bits per heavy atom. The third kappa shape index (κ3) is 5.31. The van der Waals surface area contributed by atoms with Crippen molar-refractivity contribution in [1.82, 2.24) is 5.32 Å². The molecule has 0 aliphatic rings. The molecule has 25 heavy (non-hydrogen) atoms. The average Bonchev–Trinajstić information content (AvgIpc) is 2.56. The van der Waals surface area contributed by atoms with Crippen molar-refractivity contribution in [1.29, 1.82) is 0 Å². The third-order valence-electron chi connectivity index (χ3n) is 4.14. The van der Waals surface area contributed by atoms with E-state index in [1.165, 1.54) is 34.9 Å². The quantitative estimate of drug-likeness (QED) is 0.459. The number of phenols is 1. The van der Waals surface area contributed by atoms with E-state index in [1.54, 1.807) is 0 Å². The molecule has 0 aliphatic carbocycles. The predicted molar refractivity (Wildman–Crippen MR) is 95.7 cm³/mol. The van der Waals surface area contributed by atoms with Gasteiger partial charge in [0.2, 0.25) is 5.91 Å². The van der Waals surface area contributed by atoms with E-state index in [2.05, 4.69) is 37.4 Å². The highest BCUT2D eigenvalue weighted by atomic mass is 16.6. The maximum Gasteiger partial charge on any atom is 0.310 e. The summed E-state index contributed by atoms with van der Waals surface area (Å²) in [7, 11) is 0. The van der Waals surface area contributed by atoms with Crippen LogP contribution in [0.15, 0.2) is 36.4 Å². The molecule has 2 aromatic carbocycles. The minimum absolute atomic E-state index is 0.0464. The molecule has 132 valence electrons. The number of nitro benzene ring substituents is 1. The first kappa shape index (κ1) is 18.4. The van der Waals surface area contributed by atoms with E-state index in [0.29, 0.717) is 12.1 Å². The maximum atomic E-state index is 11.9. The summed E-state index contributed by atoms with van der Waals surface area (Å²) in [6, 6.07) is 10.3. The molecule has 0 saturated carbocycles. The van der Waals surface area contributed by atoms with E-state index in [0.717, 1.165) is 12.8 Å². The average molecular weight is 342 g/mol. The number of carbonyl (C=O) groups is 1. The number of nitrogens with one attached hydrogen (secondary N) is 1. The molecule has 0 unspecified atom stereocenters. The van der Waals surface area contributed by atoms with Gasteiger partial charge in [-0.1, -0.05) is 24.3 Å². The Morgan fingerprint density at radius 2 is 1.84 bits per heavy atom. The largest absolute Gasteiger partial charge is 0.502 e. The Bertz CT molecular complexity index is 787. The van der Waals surface area contributed by atoms with Crippen molar-refractivity contribution in [3.05, 3.63) is 68.8 Å². The van der Waals surface area contributed by atoms with Crippen LogP contribution in [-0.4, -0.2) is 22.5 Å². The Balaban J connectivity index is 1.80. The summed E-state index contributed by atoms with van der Waals surface area (Å²) < 4.78 is 0. The Hall–Kier alpha value is -2.89. The van der Waals surface area contributed by atoms with Gasteiger partial charge in [0.05, 0.1) is 11.3 Å². The lowest BCUT2D eigenvalue weighted by Gasteiger charge is -2.07. The number of rotatable bonds is 7. The number of aryl methyl sites for hydroxylation is 3. The molecular formula is C19H22N2O4. The fourth-order valence-electron chi connectivity index (χ4n) is 2.55. The zero-order valence-corrected chi connectivity index (χ0v) is 14.4. The van der Waals surface area contributed by atoms with Gasteiger partial charge in [-0.25, -0.2) is 0 Å². The van der Waals surface area contributed by atoms with E-state index in [9.17, 15) is 20.0 Å². The van der Waals surface area contributed by atoms with Gasteiger partial charge in [0.25, 0.3) is 0 Å². The molecule has 0 radical (unpaired) electrons. The topological polar surface area (TPSA) is 92.5 Å². The molecule has 0 bridgehead atoms. The Labute approximate surface area is 146 Å². The summed E-state index contributed by atoms with van der Waals surface area (Å²) >= 11 is 0. The summed E-state index contributed by atoms with van der Waals surface area (Å²) in [5.74, 6) is -0.595. The highest BCUT2D eigenvalue weighted by Crippen LogP contribution is 2.26. The number of phenolic OH excluding ortho intramolecular Hbond substituents is 1. The molecule has 6 nitrogen and oxygen atoms in total. The van der Waals surface area contributed by atoms with Crippen LogP contribution in [0.5, 0.6) is 5.75 Å². The molecule has 2 N–H and O–H groups in total. The molecule has 0 aliphatic heterocycles. The molecule has 2 rings (SSSR count). The van der Waals surface area contributed by atoms with Gasteiger partial charge in [-0.3, -0.25) is 14.9 Å². The molecule has 0 atom stereocenters. The molecule has 0 aromatic heterocycles. The molecule has 0 heterocycles. The van der Waals surface area contributed by atoms with Crippen LogP contribution < -0.4 is 5.32 Å². The molecule has 0 spiro atoms. The Kier molecular flexibility index (Phi) is 6.11. The highest BCUT2D eigenvalue weighted by molar-refractivity contribution is 5.78. The van der Waals surface area contributed by atoms with E-state index in [4.69, 9.17) is 0 Å². The predicted octanol–water partition coefficient (Wildman–Crippen LogP) is 3.21. The number of aromatic hydroxyl groups is 1. The minimum atomic E-state index is -0.666. The second kappa shape index (κ2) is 8.28. The lowest BCUT2D eigenvalue weighted by atomic mass is 10.0. The van der Waals surface area contributed by atoms with Crippen molar-refractivity contribution < 1.29 is 14.8 Å². The first-order valence-corrected chi connectivity index (χ1v) is 8.16. The number of hydrogen-bond donors (Lipinski definition) is 2. The number of amides is 1. The summed E-state index contributed by atoms with van der Waals surface area (Å²) in [5, 5.41) is 23.0. The van der Waals surface area contributed by atoms with Crippen molar-refractivity contribution in [3.8, 4) is 5.75 Å². The van der Waals surface area contributed by atoms with Gasteiger partial charge >= 0.3 is 5.69 Å². The molecular weight excluding hydrogens is 320 g/mol. The lowest BCUT2D eigenvalue weighted by Crippen LogP contribution is -2.26. The fraction of sp³-hybridized carbons (Fsp3) is 0.316. The van der Waals surface area contributed by atoms with Gasteiger partial charge in [0, 0.05) is 12.6 Å². The number of benzene rings is 2. The summed E-state index contributed by atoms with van der Waals surface area (Å²) in [6.45, 7) is 4.70. The van der Waals surface area contributed by atoms with Crippen LogP contribution in [-0.2, 0) is 17.6 Å². The van der Waals surface area contributed by atoms with Gasteiger partial charge in [-0.15, -0.1) is 0 Å². The molecule has 0 saturated heterocycles. The standard InChI is InChI=1S/C19H22N2O4/c1-13-5-6-15(10-14(13)2)4-3-9-20-19(23)12-16-7-8-18(22)17(11-16)21(24)25/h5-8,10-11,22H,3-4,9,12H2,1-2H3,(H,20,23). The van der Waals surface area contributed by atoms with Crippen LogP contribution >= 0.6 is 0 Å². The van der Waals surface area contributed by atoms with Crippen molar-refractivity contribution in [2.24, 2.45) is 0 Å². The van der Waals surface area contributed by atoms with E-state index in [-0.39, 0.29) is 18.0 Å². The van der Waals surface area contributed by atoms with Gasteiger partial charge in [-0.2, -0.15) is 0 Å². The molecule has 6 heteroatoms. The maximum absolute atomic E-state index is 11.9. The SMILES string of the molecule is Cc1ccc(CCCNC(=O)Cc2ccc(O)c([N+](=O)[O-])c2)cc1C. The van der Waals surface area contributed by atoms with Gasteiger partial charge in [0.15, 0.2) is 5.75 Å². The molecule has 2 aromatic rings. The number of hydrogen-bond acceptors (Lipinski definition) is 4. The fourth-order valence-corrected chi connectivity index (χ4v) is 2.55. The monoisotopic (exact) mass is 342 g/mol. The van der Waals surface area contributed by atoms with Crippen LogP contribution in [0.1, 0.15) is 28.7 Å². The first-order valence-electron chi connectivity index (χ1n) is 8.16. The van der Waals surface area contributed by atoms with Crippen LogP contribution in [0.3, 0.4) is 0 Å². The van der Waals surface area contributed by atoms with Crippen molar-refractivity contribution >= 4 is 11.6 Å². The second-order valence-corrected chi connectivity index (χ2v) is 6.13.